The molecule has 0 spiro atoms. The number of rotatable bonds is 4. The fourth-order valence-corrected chi connectivity index (χ4v) is 3.42. The maximum atomic E-state index is 6.05. The third-order valence-corrected chi connectivity index (χ3v) is 4.73. The zero-order valence-corrected chi connectivity index (χ0v) is 16.0. The highest BCUT2D eigenvalue weighted by Crippen LogP contribution is 2.25. The molecule has 0 amide bonds. The van der Waals surface area contributed by atoms with E-state index in [1.54, 1.807) is 6.26 Å². The maximum absolute atomic E-state index is 6.05. The molecule has 1 aliphatic heterocycles. The lowest BCUT2D eigenvalue weighted by Gasteiger charge is -2.35. The van der Waals surface area contributed by atoms with Gasteiger partial charge in [-0.2, -0.15) is 0 Å². The van der Waals surface area contributed by atoms with E-state index in [0.717, 1.165) is 43.3 Å². The SMILES string of the molecule is Cl.Cn1ccnc1C1CNCCN1Cc1coc(-c2cccc(Cl)c2)n1. The number of nitrogens with zero attached hydrogens (tertiary/aromatic N) is 4. The van der Waals surface area contributed by atoms with Crippen LogP contribution in [0.5, 0.6) is 0 Å². The van der Waals surface area contributed by atoms with Crippen molar-refractivity contribution in [1.82, 2.24) is 24.8 Å². The Morgan fingerprint density at radius 2 is 2.27 bits per heavy atom. The first-order valence-corrected chi connectivity index (χ1v) is 8.71. The quantitative estimate of drug-likeness (QED) is 0.736. The van der Waals surface area contributed by atoms with E-state index in [1.807, 2.05) is 43.7 Å². The van der Waals surface area contributed by atoms with Gasteiger partial charge in [-0.05, 0) is 18.2 Å². The van der Waals surface area contributed by atoms with Crippen LogP contribution in [0.25, 0.3) is 11.5 Å². The Bertz CT molecular complexity index is 863. The molecule has 138 valence electrons. The fraction of sp³-hybridized carbons (Fsp3) is 0.333. The third-order valence-electron chi connectivity index (χ3n) is 4.50. The highest BCUT2D eigenvalue weighted by molar-refractivity contribution is 6.30. The smallest absolute Gasteiger partial charge is 0.226 e. The monoisotopic (exact) mass is 393 g/mol. The summed E-state index contributed by atoms with van der Waals surface area (Å²) in [6.07, 6.45) is 5.55. The van der Waals surface area contributed by atoms with Crippen molar-refractivity contribution in [3.05, 3.63) is 59.5 Å². The lowest BCUT2D eigenvalue weighted by atomic mass is 10.1. The fourth-order valence-electron chi connectivity index (χ4n) is 3.23. The van der Waals surface area contributed by atoms with Gasteiger partial charge in [0.15, 0.2) is 0 Å². The minimum atomic E-state index is 0. The Morgan fingerprint density at radius 1 is 1.38 bits per heavy atom. The second-order valence-corrected chi connectivity index (χ2v) is 6.68. The molecule has 1 atom stereocenters. The van der Waals surface area contributed by atoms with Crippen LogP contribution in [0.3, 0.4) is 0 Å². The molecular formula is C18H21Cl2N5O. The average Bonchev–Trinajstić information content (AvgIpc) is 3.25. The maximum Gasteiger partial charge on any atom is 0.226 e. The summed E-state index contributed by atoms with van der Waals surface area (Å²) in [4.78, 5) is 11.5. The number of aromatic nitrogens is 3. The van der Waals surface area contributed by atoms with Crippen molar-refractivity contribution in [1.29, 1.82) is 0 Å². The normalized spacial score (nSPS) is 17.8. The van der Waals surface area contributed by atoms with Crippen LogP contribution in [0.4, 0.5) is 0 Å². The average molecular weight is 394 g/mol. The van der Waals surface area contributed by atoms with Gasteiger partial charge in [0.05, 0.1) is 11.7 Å². The van der Waals surface area contributed by atoms with Crippen molar-refractivity contribution in [2.45, 2.75) is 12.6 Å². The Hall–Kier alpha value is -1.86. The number of benzene rings is 1. The molecule has 3 heterocycles. The van der Waals surface area contributed by atoms with E-state index in [-0.39, 0.29) is 18.4 Å². The lowest BCUT2D eigenvalue weighted by Crippen LogP contribution is -2.46. The van der Waals surface area contributed by atoms with Gasteiger partial charge in [-0.3, -0.25) is 4.90 Å². The highest BCUT2D eigenvalue weighted by Gasteiger charge is 2.27. The summed E-state index contributed by atoms with van der Waals surface area (Å²) in [5.74, 6) is 1.66. The molecule has 0 bridgehead atoms. The van der Waals surface area contributed by atoms with Gasteiger partial charge in [0.1, 0.15) is 12.1 Å². The summed E-state index contributed by atoms with van der Waals surface area (Å²) in [5, 5.41) is 4.13. The van der Waals surface area contributed by atoms with E-state index in [4.69, 9.17) is 16.0 Å². The van der Waals surface area contributed by atoms with E-state index in [1.165, 1.54) is 0 Å². The summed E-state index contributed by atoms with van der Waals surface area (Å²) in [7, 11) is 2.03. The predicted octanol–water partition coefficient (Wildman–Crippen LogP) is 3.30. The third kappa shape index (κ3) is 3.94. The van der Waals surface area contributed by atoms with Gasteiger partial charge in [-0.1, -0.05) is 17.7 Å². The van der Waals surface area contributed by atoms with Crippen molar-refractivity contribution < 1.29 is 4.42 Å². The molecule has 1 aromatic carbocycles. The van der Waals surface area contributed by atoms with Crippen LogP contribution in [0.2, 0.25) is 5.02 Å². The zero-order valence-electron chi connectivity index (χ0n) is 14.4. The van der Waals surface area contributed by atoms with Gasteiger partial charge in [-0.25, -0.2) is 9.97 Å². The molecule has 2 aromatic heterocycles. The number of hydrogen-bond acceptors (Lipinski definition) is 5. The molecule has 0 saturated carbocycles. The summed E-state index contributed by atoms with van der Waals surface area (Å²) >= 11 is 6.05. The van der Waals surface area contributed by atoms with E-state index in [0.29, 0.717) is 10.9 Å². The second-order valence-electron chi connectivity index (χ2n) is 6.24. The standard InChI is InChI=1S/C18H20ClN5O.ClH/c1-23-7-6-21-17(23)16-10-20-5-8-24(16)11-15-12-25-18(22-15)13-3-2-4-14(19)9-13;/h2-4,6-7,9,12,16,20H,5,8,10-11H2,1H3;1H. The molecule has 3 aromatic rings. The largest absolute Gasteiger partial charge is 0.444 e. The molecule has 1 saturated heterocycles. The molecule has 1 unspecified atom stereocenters. The van der Waals surface area contributed by atoms with Crippen molar-refractivity contribution in [3.8, 4) is 11.5 Å². The molecule has 6 nitrogen and oxygen atoms in total. The molecular weight excluding hydrogens is 373 g/mol. The molecule has 0 radical (unpaired) electrons. The zero-order chi connectivity index (χ0) is 17.2. The molecule has 0 aliphatic carbocycles. The van der Waals surface area contributed by atoms with Crippen LogP contribution >= 0.6 is 24.0 Å². The Morgan fingerprint density at radius 3 is 3.04 bits per heavy atom. The van der Waals surface area contributed by atoms with Crippen LogP contribution in [-0.4, -0.2) is 39.1 Å². The second kappa shape index (κ2) is 8.22. The molecule has 1 N–H and O–H groups in total. The molecule has 26 heavy (non-hydrogen) atoms. The Labute approximate surface area is 163 Å². The number of piperazine rings is 1. The van der Waals surface area contributed by atoms with Crippen LogP contribution in [0, 0.1) is 0 Å². The lowest BCUT2D eigenvalue weighted by molar-refractivity contribution is 0.143. The van der Waals surface area contributed by atoms with Gasteiger partial charge in [0.2, 0.25) is 5.89 Å². The first-order chi connectivity index (χ1) is 12.2. The van der Waals surface area contributed by atoms with Gasteiger partial charge >= 0.3 is 0 Å². The Kier molecular flexibility index (Phi) is 5.98. The number of oxazole rings is 1. The summed E-state index contributed by atoms with van der Waals surface area (Å²) in [6.45, 7) is 3.50. The van der Waals surface area contributed by atoms with Crippen LogP contribution in [0.1, 0.15) is 17.6 Å². The Balaban J connectivity index is 0.00000196. The summed E-state index contributed by atoms with van der Waals surface area (Å²) < 4.78 is 7.74. The number of hydrogen-bond donors (Lipinski definition) is 1. The van der Waals surface area contributed by atoms with Crippen molar-refractivity contribution >= 4 is 24.0 Å². The first kappa shape index (κ1) is 18.9. The molecule has 1 aliphatic rings. The minimum Gasteiger partial charge on any atom is -0.444 e. The van der Waals surface area contributed by atoms with Gasteiger partial charge in [0, 0.05) is 56.2 Å². The molecule has 4 rings (SSSR count). The topological polar surface area (TPSA) is 59.1 Å². The van der Waals surface area contributed by atoms with Gasteiger partial charge < -0.3 is 14.3 Å². The van der Waals surface area contributed by atoms with E-state index in [9.17, 15) is 0 Å². The summed E-state index contributed by atoms with van der Waals surface area (Å²) in [5.41, 5.74) is 1.80. The number of imidazole rings is 1. The minimum absolute atomic E-state index is 0. The van der Waals surface area contributed by atoms with Crippen LogP contribution < -0.4 is 5.32 Å². The number of nitrogens with one attached hydrogen (secondary N) is 1. The van der Waals surface area contributed by atoms with Gasteiger partial charge in [0.25, 0.3) is 0 Å². The van der Waals surface area contributed by atoms with E-state index >= 15 is 0 Å². The number of aryl methyl sites for hydroxylation is 1. The first-order valence-electron chi connectivity index (χ1n) is 8.33. The van der Waals surface area contributed by atoms with Crippen molar-refractivity contribution in [2.24, 2.45) is 7.05 Å². The van der Waals surface area contributed by atoms with E-state index < -0.39 is 0 Å². The van der Waals surface area contributed by atoms with Crippen LogP contribution in [0.15, 0.2) is 47.3 Å². The van der Waals surface area contributed by atoms with Crippen LogP contribution in [-0.2, 0) is 13.6 Å². The summed E-state index contributed by atoms with van der Waals surface area (Å²) in [6, 6.07) is 7.77. The van der Waals surface area contributed by atoms with Crippen molar-refractivity contribution in [2.75, 3.05) is 19.6 Å². The van der Waals surface area contributed by atoms with Gasteiger partial charge in [-0.15, -0.1) is 12.4 Å². The highest BCUT2D eigenvalue weighted by atomic mass is 35.5. The molecule has 1 fully saturated rings. The number of halogens is 2. The van der Waals surface area contributed by atoms with Crippen molar-refractivity contribution in [3.63, 3.8) is 0 Å². The van der Waals surface area contributed by atoms with E-state index in [2.05, 4.69) is 24.8 Å². The predicted molar refractivity (Wildman–Crippen MR) is 103 cm³/mol. The molecule has 8 heteroatoms.